The third-order valence-corrected chi connectivity index (χ3v) is 3.74. The van der Waals surface area contributed by atoms with Gasteiger partial charge >= 0.3 is 0 Å². The predicted octanol–water partition coefficient (Wildman–Crippen LogP) is 2.87. The Bertz CT molecular complexity index is 814. The van der Waals surface area contributed by atoms with Gasteiger partial charge in [0.2, 0.25) is 5.28 Å². The second-order valence-corrected chi connectivity index (χ2v) is 5.37. The number of anilines is 2. The maximum Gasteiger partial charge on any atom is 0.224 e. The summed E-state index contributed by atoms with van der Waals surface area (Å²) in [5.74, 6) is 1.40. The molecule has 6 nitrogen and oxygen atoms in total. The molecule has 0 amide bonds. The van der Waals surface area contributed by atoms with Gasteiger partial charge in [0.15, 0.2) is 5.82 Å². The van der Waals surface area contributed by atoms with Crippen molar-refractivity contribution in [2.24, 2.45) is 0 Å². The molecule has 0 saturated carbocycles. The average molecular weight is 313 g/mol. The zero-order valence-electron chi connectivity index (χ0n) is 11.6. The van der Waals surface area contributed by atoms with E-state index in [1.807, 2.05) is 36.4 Å². The summed E-state index contributed by atoms with van der Waals surface area (Å²) in [6.07, 6.45) is 0. The first kappa shape index (κ1) is 13.2. The van der Waals surface area contributed by atoms with E-state index in [0.29, 0.717) is 5.82 Å². The van der Waals surface area contributed by atoms with Crippen molar-refractivity contribution in [2.75, 3.05) is 5.32 Å². The molecule has 1 aliphatic heterocycles. The van der Waals surface area contributed by atoms with Crippen LogP contribution in [0, 0.1) is 0 Å². The maximum absolute atomic E-state index is 6.05. The molecule has 0 spiro atoms. The number of aromatic amines is 1. The molecule has 0 bridgehead atoms. The van der Waals surface area contributed by atoms with Crippen molar-refractivity contribution in [2.45, 2.75) is 13.1 Å². The van der Waals surface area contributed by atoms with E-state index < -0.39 is 0 Å². The second-order valence-electron chi connectivity index (χ2n) is 5.03. The lowest BCUT2D eigenvalue weighted by molar-refractivity contribution is 0.743. The van der Waals surface area contributed by atoms with Gasteiger partial charge in [0.1, 0.15) is 5.82 Å². The van der Waals surface area contributed by atoms with Crippen molar-refractivity contribution in [3.8, 4) is 11.3 Å². The molecule has 1 aromatic carbocycles. The van der Waals surface area contributed by atoms with Crippen LogP contribution in [0.15, 0.2) is 36.4 Å². The molecule has 110 valence electrons. The molecular formula is C15H13ClN6. The number of H-pyrrole nitrogens is 1. The lowest BCUT2D eigenvalue weighted by atomic mass is 10.1. The summed E-state index contributed by atoms with van der Waals surface area (Å²) in [5.41, 5.74) is 4.00. The van der Waals surface area contributed by atoms with Gasteiger partial charge in [-0.2, -0.15) is 5.10 Å². The van der Waals surface area contributed by atoms with Crippen LogP contribution in [0.25, 0.3) is 11.3 Å². The van der Waals surface area contributed by atoms with Gasteiger partial charge in [0.05, 0.1) is 11.4 Å². The number of benzene rings is 1. The van der Waals surface area contributed by atoms with Crippen molar-refractivity contribution in [3.05, 3.63) is 52.9 Å². The summed E-state index contributed by atoms with van der Waals surface area (Å²) in [7, 11) is 0. The normalized spacial score (nSPS) is 13.1. The summed E-state index contributed by atoms with van der Waals surface area (Å²) < 4.78 is 0. The van der Waals surface area contributed by atoms with Gasteiger partial charge in [0, 0.05) is 30.3 Å². The number of hydrogen-bond donors (Lipinski definition) is 3. The number of halogens is 1. The monoisotopic (exact) mass is 312 g/mol. The fourth-order valence-electron chi connectivity index (χ4n) is 2.51. The van der Waals surface area contributed by atoms with E-state index >= 15 is 0 Å². The Hall–Kier alpha value is -2.44. The van der Waals surface area contributed by atoms with E-state index in [2.05, 4.69) is 30.8 Å². The minimum Gasteiger partial charge on any atom is -0.323 e. The molecule has 2 aromatic heterocycles. The zero-order chi connectivity index (χ0) is 14.9. The number of aromatic nitrogens is 4. The van der Waals surface area contributed by atoms with Crippen molar-refractivity contribution in [1.82, 2.24) is 25.5 Å². The summed E-state index contributed by atoms with van der Waals surface area (Å²) in [4.78, 5) is 8.51. The first-order chi connectivity index (χ1) is 10.8. The first-order valence-corrected chi connectivity index (χ1v) is 7.31. The Morgan fingerprint density at radius 3 is 2.82 bits per heavy atom. The highest BCUT2D eigenvalue weighted by molar-refractivity contribution is 6.28. The van der Waals surface area contributed by atoms with Crippen LogP contribution in [0.2, 0.25) is 5.28 Å². The number of hydrogen-bond acceptors (Lipinski definition) is 5. The molecule has 3 heterocycles. The van der Waals surface area contributed by atoms with Crippen molar-refractivity contribution in [3.63, 3.8) is 0 Å². The third kappa shape index (κ3) is 2.43. The zero-order valence-corrected chi connectivity index (χ0v) is 12.4. The van der Waals surface area contributed by atoms with Gasteiger partial charge < -0.3 is 10.6 Å². The maximum atomic E-state index is 6.05. The SMILES string of the molecule is Clc1nc(Nc2n[nH]c3c2CNC3)cc(-c2ccccc2)n1. The summed E-state index contributed by atoms with van der Waals surface area (Å²) >= 11 is 6.05. The average Bonchev–Trinajstić information content (AvgIpc) is 3.13. The van der Waals surface area contributed by atoms with Gasteiger partial charge in [0.25, 0.3) is 0 Å². The van der Waals surface area contributed by atoms with E-state index in [1.54, 1.807) is 0 Å². The molecule has 3 N–H and O–H groups in total. The van der Waals surface area contributed by atoms with Crippen molar-refractivity contribution >= 4 is 23.2 Å². The van der Waals surface area contributed by atoms with Crippen molar-refractivity contribution < 1.29 is 0 Å². The number of rotatable bonds is 3. The van der Waals surface area contributed by atoms with Crippen LogP contribution in [0.3, 0.4) is 0 Å². The molecule has 4 rings (SSSR count). The van der Waals surface area contributed by atoms with Gasteiger partial charge in [-0.25, -0.2) is 9.97 Å². The van der Waals surface area contributed by atoms with Crippen LogP contribution < -0.4 is 10.6 Å². The number of nitrogens with zero attached hydrogens (tertiary/aromatic N) is 3. The Labute approximate surface area is 132 Å². The fraction of sp³-hybridized carbons (Fsp3) is 0.133. The lowest BCUT2D eigenvalue weighted by Crippen LogP contribution is -2.04. The fourth-order valence-corrected chi connectivity index (χ4v) is 2.70. The largest absolute Gasteiger partial charge is 0.323 e. The molecule has 0 radical (unpaired) electrons. The summed E-state index contributed by atoms with van der Waals surface area (Å²) in [6, 6.07) is 11.7. The van der Waals surface area contributed by atoms with Crippen LogP contribution >= 0.6 is 11.6 Å². The molecule has 1 aliphatic rings. The van der Waals surface area contributed by atoms with Gasteiger partial charge in [-0.1, -0.05) is 30.3 Å². The highest BCUT2D eigenvalue weighted by Gasteiger charge is 2.18. The van der Waals surface area contributed by atoms with E-state index in [0.717, 1.165) is 41.4 Å². The van der Waals surface area contributed by atoms with Crippen LogP contribution in [0.1, 0.15) is 11.3 Å². The second kappa shape index (κ2) is 5.40. The molecule has 22 heavy (non-hydrogen) atoms. The Kier molecular flexibility index (Phi) is 3.25. The summed E-state index contributed by atoms with van der Waals surface area (Å²) in [5, 5.41) is 14.0. The minimum atomic E-state index is 0.203. The van der Waals surface area contributed by atoms with Crippen LogP contribution in [0.5, 0.6) is 0 Å². The molecule has 0 aliphatic carbocycles. The van der Waals surface area contributed by atoms with Crippen LogP contribution in [-0.2, 0) is 13.1 Å². The smallest absolute Gasteiger partial charge is 0.224 e. The van der Waals surface area contributed by atoms with Crippen LogP contribution in [-0.4, -0.2) is 20.2 Å². The predicted molar refractivity (Wildman–Crippen MR) is 84.9 cm³/mol. The lowest BCUT2D eigenvalue weighted by Gasteiger charge is -2.07. The Morgan fingerprint density at radius 1 is 1.09 bits per heavy atom. The Balaban J connectivity index is 1.69. The van der Waals surface area contributed by atoms with Crippen molar-refractivity contribution in [1.29, 1.82) is 0 Å². The van der Waals surface area contributed by atoms with E-state index in [1.165, 1.54) is 0 Å². The molecule has 7 heteroatoms. The highest BCUT2D eigenvalue weighted by Crippen LogP contribution is 2.26. The molecule has 3 aromatic rings. The highest BCUT2D eigenvalue weighted by atomic mass is 35.5. The van der Waals surface area contributed by atoms with Gasteiger partial charge in [-0.05, 0) is 11.6 Å². The Morgan fingerprint density at radius 2 is 1.95 bits per heavy atom. The number of fused-ring (bicyclic) bond motifs is 1. The molecule has 0 unspecified atom stereocenters. The molecule has 0 saturated heterocycles. The minimum absolute atomic E-state index is 0.203. The molecule has 0 atom stereocenters. The quantitative estimate of drug-likeness (QED) is 0.648. The summed E-state index contributed by atoms with van der Waals surface area (Å²) in [6.45, 7) is 1.60. The standard InChI is InChI=1S/C15H13ClN6/c16-15-18-11(9-4-2-1-3-5-9)6-13(20-15)19-14-10-7-17-8-12(10)21-22-14/h1-6,17H,7-8H2,(H2,18,19,20,21,22). The van der Waals surface area contributed by atoms with Crippen LogP contribution in [0.4, 0.5) is 11.6 Å². The third-order valence-electron chi connectivity index (χ3n) is 3.57. The van der Waals surface area contributed by atoms with E-state index in [4.69, 9.17) is 11.6 Å². The topological polar surface area (TPSA) is 78.5 Å². The molecular weight excluding hydrogens is 300 g/mol. The van der Waals surface area contributed by atoms with E-state index in [-0.39, 0.29) is 5.28 Å². The number of nitrogens with one attached hydrogen (secondary N) is 3. The van der Waals surface area contributed by atoms with Gasteiger partial charge in [-0.3, -0.25) is 5.10 Å². The first-order valence-electron chi connectivity index (χ1n) is 6.93. The van der Waals surface area contributed by atoms with E-state index in [9.17, 15) is 0 Å². The van der Waals surface area contributed by atoms with Gasteiger partial charge in [-0.15, -0.1) is 0 Å². The molecule has 0 fully saturated rings.